The Morgan fingerprint density at radius 2 is 0.667 bits per heavy atom. The van der Waals surface area contributed by atoms with Crippen LogP contribution >= 0.6 is 15.6 Å². The quantitative estimate of drug-likeness (QED) is 0.116. The van der Waals surface area contributed by atoms with Gasteiger partial charge in [0, 0.05) is 0 Å². The van der Waals surface area contributed by atoms with Gasteiger partial charge in [-0.2, -0.15) is 0 Å². The van der Waals surface area contributed by atoms with E-state index >= 15 is 0 Å². The number of phosphoric ester groups is 2. The molecule has 2 unspecified atom stereocenters. The number of hydrogen-bond acceptors (Lipinski definition) is 6. The van der Waals surface area contributed by atoms with E-state index in [9.17, 15) is 18.9 Å². The van der Waals surface area contributed by atoms with E-state index in [1.807, 2.05) is 60.7 Å². The lowest BCUT2D eigenvalue weighted by atomic mass is 9.92. The molecule has 0 heterocycles. The largest absolute Gasteiger partial charge is 0.584 e. The van der Waals surface area contributed by atoms with Crippen LogP contribution in [-0.4, -0.2) is 9.79 Å². The second kappa shape index (κ2) is 14.8. The van der Waals surface area contributed by atoms with Gasteiger partial charge >= 0.3 is 15.6 Å². The Labute approximate surface area is 279 Å². The van der Waals surface area contributed by atoms with Crippen molar-refractivity contribution < 1.29 is 37.0 Å². The Bertz CT molecular complexity index is 1900. The fourth-order valence-corrected chi connectivity index (χ4v) is 6.86. The van der Waals surface area contributed by atoms with Gasteiger partial charge in [-0.15, -0.1) is 0 Å². The van der Waals surface area contributed by atoms with Crippen molar-refractivity contribution in [1.82, 2.24) is 0 Å². The maximum absolute atomic E-state index is 12.5. The van der Waals surface area contributed by atoms with Gasteiger partial charge in [-0.05, 0) is 94.8 Å². The fraction of sp³-hybridized carbons (Fsp3) is 0.0526. The normalized spacial score (nSPS) is 13.5. The molecule has 0 fully saturated rings. The minimum Gasteiger partial charge on any atom is -0.395 e. The second-order valence-corrected chi connectivity index (χ2v) is 13.4. The lowest BCUT2D eigenvalue weighted by Gasteiger charge is -2.15. The summed E-state index contributed by atoms with van der Waals surface area (Å²) < 4.78 is 45.9. The highest BCUT2D eigenvalue weighted by Gasteiger charge is 2.26. The first-order valence-corrected chi connectivity index (χ1v) is 18.1. The molecule has 0 radical (unpaired) electrons. The van der Waals surface area contributed by atoms with Crippen molar-refractivity contribution in [3.05, 3.63) is 169 Å². The molecule has 8 nitrogen and oxygen atoms in total. The van der Waals surface area contributed by atoms with Gasteiger partial charge in [0.05, 0.1) is 0 Å². The van der Waals surface area contributed by atoms with Crippen molar-refractivity contribution in [1.29, 1.82) is 0 Å². The molecule has 6 aromatic carbocycles. The van der Waals surface area contributed by atoms with Crippen LogP contribution in [0, 0.1) is 0 Å². The number of para-hydroxylation sites is 2. The van der Waals surface area contributed by atoms with Crippen molar-refractivity contribution >= 4 is 15.6 Å². The van der Waals surface area contributed by atoms with E-state index in [0.717, 1.165) is 46.2 Å². The van der Waals surface area contributed by atoms with Crippen LogP contribution < -0.4 is 18.1 Å². The summed E-state index contributed by atoms with van der Waals surface area (Å²) in [6, 6.07) is 47.0. The van der Waals surface area contributed by atoms with Crippen molar-refractivity contribution in [2.24, 2.45) is 0 Å². The van der Waals surface area contributed by atoms with E-state index in [1.54, 1.807) is 84.9 Å². The number of hydrogen-bond donors (Lipinski definition) is 2. The van der Waals surface area contributed by atoms with E-state index in [-0.39, 0.29) is 23.0 Å². The molecule has 0 spiro atoms. The number of benzene rings is 6. The molecule has 48 heavy (non-hydrogen) atoms. The van der Waals surface area contributed by atoms with Crippen LogP contribution in [0.25, 0.3) is 22.3 Å². The summed E-state index contributed by atoms with van der Waals surface area (Å²) in [5.74, 6) is 0.913. The van der Waals surface area contributed by atoms with E-state index in [1.165, 1.54) is 0 Å². The SMILES string of the molecule is O=P(O)(Oc1ccccc1)Oc1ccc(-c2ccccc2CCc2ccccc2-c2ccc(OP(=O)(O)Oc3ccccc3)cc2)cc1. The summed E-state index contributed by atoms with van der Waals surface area (Å²) in [6.45, 7) is 0. The number of aryl methyl sites for hydroxylation is 2. The van der Waals surface area contributed by atoms with Crippen molar-refractivity contribution in [2.45, 2.75) is 12.8 Å². The summed E-state index contributed by atoms with van der Waals surface area (Å²) in [5, 5.41) is 0. The lowest BCUT2D eigenvalue weighted by molar-refractivity contribution is 0.289. The van der Waals surface area contributed by atoms with Crippen LogP contribution in [0.3, 0.4) is 0 Å². The van der Waals surface area contributed by atoms with E-state index in [2.05, 4.69) is 12.1 Å². The molecule has 10 heteroatoms. The molecule has 2 N–H and O–H groups in total. The molecular weight excluding hydrogens is 646 g/mol. The minimum absolute atomic E-state index is 0.217. The molecule has 0 amide bonds. The zero-order chi connectivity index (χ0) is 33.4. The summed E-state index contributed by atoms with van der Waals surface area (Å²) in [5.41, 5.74) is 6.25. The first kappa shape index (κ1) is 32.8. The van der Waals surface area contributed by atoms with E-state index in [4.69, 9.17) is 18.1 Å². The average Bonchev–Trinajstić information content (AvgIpc) is 3.08. The Kier molecular flexibility index (Phi) is 10.1. The van der Waals surface area contributed by atoms with Crippen LogP contribution in [0.15, 0.2) is 158 Å². The van der Waals surface area contributed by atoms with Gasteiger partial charge in [-0.3, -0.25) is 9.79 Å². The van der Waals surface area contributed by atoms with Crippen LogP contribution in [-0.2, 0) is 22.0 Å². The molecule has 0 aromatic heterocycles. The molecule has 0 bridgehead atoms. The maximum Gasteiger partial charge on any atom is 0.584 e. The molecular formula is C38H32O8P2. The monoisotopic (exact) mass is 678 g/mol. The van der Waals surface area contributed by atoms with Gasteiger partial charge in [0.25, 0.3) is 0 Å². The molecule has 0 saturated carbocycles. The second-order valence-electron chi connectivity index (χ2n) is 10.8. The van der Waals surface area contributed by atoms with E-state index in [0.29, 0.717) is 0 Å². The first-order chi connectivity index (χ1) is 23.2. The standard InChI is InChI=1S/C38H32O8P2/c39-47(40,43-33-13-3-1-4-14-33)45-35-25-21-31(22-26-35)37-17-9-7-11-29(37)19-20-30-12-8-10-18-38(30)32-23-27-36(28-24-32)46-48(41,42)44-34-15-5-2-6-16-34/h1-18,21-28H,19-20H2,(H,39,40)(H,41,42). The third-order valence-electron chi connectivity index (χ3n) is 7.40. The smallest absolute Gasteiger partial charge is 0.395 e. The van der Waals surface area contributed by atoms with Crippen molar-refractivity contribution in [3.8, 4) is 45.3 Å². The number of phosphoric acid groups is 2. The van der Waals surface area contributed by atoms with Gasteiger partial charge in [-0.25, -0.2) is 9.13 Å². The van der Waals surface area contributed by atoms with Crippen LogP contribution in [0.4, 0.5) is 0 Å². The summed E-state index contributed by atoms with van der Waals surface area (Å²) in [4.78, 5) is 20.4. The molecule has 0 saturated heterocycles. The fourth-order valence-electron chi connectivity index (χ4n) is 5.23. The highest BCUT2D eigenvalue weighted by molar-refractivity contribution is 7.48. The zero-order valence-electron chi connectivity index (χ0n) is 25.7. The van der Waals surface area contributed by atoms with Crippen molar-refractivity contribution in [2.75, 3.05) is 0 Å². The van der Waals surface area contributed by atoms with Gasteiger partial charge in [0.15, 0.2) is 0 Å². The van der Waals surface area contributed by atoms with Crippen LogP contribution in [0.2, 0.25) is 0 Å². The Morgan fingerprint density at radius 1 is 0.375 bits per heavy atom. The molecule has 0 aliphatic carbocycles. The average molecular weight is 679 g/mol. The first-order valence-electron chi connectivity index (χ1n) is 15.1. The summed E-state index contributed by atoms with van der Waals surface area (Å²) in [6.07, 6.45) is 1.52. The van der Waals surface area contributed by atoms with Gasteiger partial charge in [0.2, 0.25) is 0 Å². The topological polar surface area (TPSA) is 112 Å². The summed E-state index contributed by atoms with van der Waals surface area (Å²) >= 11 is 0. The van der Waals surface area contributed by atoms with Crippen LogP contribution in [0.1, 0.15) is 11.1 Å². The van der Waals surface area contributed by atoms with Gasteiger partial charge < -0.3 is 18.1 Å². The van der Waals surface area contributed by atoms with Crippen LogP contribution in [0.5, 0.6) is 23.0 Å². The Balaban J connectivity index is 1.12. The highest BCUT2D eigenvalue weighted by Crippen LogP contribution is 2.46. The number of rotatable bonds is 13. The zero-order valence-corrected chi connectivity index (χ0v) is 27.5. The third-order valence-corrected chi connectivity index (χ3v) is 9.16. The lowest BCUT2D eigenvalue weighted by Crippen LogP contribution is -2.00. The highest BCUT2D eigenvalue weighted by atomic mass is 31.2. The Morgan fingerprint density at radius 3 is 1.02 bits per heavy atom. The van der Waals surface area contributed by atoms with Gasteiger partial charge in [0.1, 0.15) is 23.0 Å². The molecule has 2 atom stereocenters. The molecule has 0 aliphatic rings. The van der Waals surface area contributed by atoms with Crippen molar-refractivity contribution in [3.63, 3.8) is 0 Å². The molecule has 6 rings (SSSR count). The maximum atomic E-state index is 12.5. The third kappa shape index (κ3) is 8.82. The summed E-state index contributed by atoms with van der Waals surface area (Å²) in [7, 11) is -8.74. The molecule has 6 aromatic rings. The minimum atomic E-state index is -4.37. The van der Waals surface area contributed by atoms with E-state index < -0.39 is 15.6 Å². The Hall–Kier alpha value is -5.10. The predicted octanol–water partition coefficient (Wildman–Crippen LogP) is 9.92. The van der Waals surface area contributed by atoms with Gasteiger partial charge in [-0.1, -0.05) is 109 Å². The predicted molar refractivity (Wildman–Crippen MR) is 186 cm³/mol. The molecule has 0 aliphatic heterocycles. The molecule has 242 valence electrons.